The van der Waals surface area contributed by atoms with Crippen molar-refractivity contribution < 1.29 is 14.7 Å². The van der Waals surface area contributed by atoms with Crippen LogP contribution >= 0.6 is 15.9 Å². The number of nitrogens with one attached hydrogen (secondary N) is 1. The van der Waals surface area contributed by atoms with E-state index in [4.69, 9.17) is 5.11 Å². The van der Waals surface area contributed by atoms with E-state index in [2.05, 4.69) is 21.2 Å². The number of aliphatic carboxylic acids is 1. The summed E-state index contributed by atoms with van der Waals surface area (Å²) in [6, 6.07) is 11.2. The largest absolute Gasteiger partial charge is 0.481 e. The van der Waals surface area contributed by atoms with Gasteiger partial charge < -0.3 is 15.0 Å². The molecule has 1 amide bonds. The summed E-state index contributed by atoms with van der Waals surface area (Å²) in [6.45, 7) is 0. The van der Waals surface area contributed by atoms with Gasteiger partial charge >= 0.3 is 5.97 Å². The number of aromatic nitrogens is 1. The third-order valence-electron chi connectivity index (χ3n) is 3.57. The molecule has 2 aromatic rings. The lowest BCUT2D eigenvalue weighted by Crippen LogP contribution is -2.37. The number of benzene rings is 1. The van der Waals surface area contributed by atoms with Crippen LogP contribution in [0.4, 0.5) is 0 Å². The Labute approximate surface area is 143 Å². The first-order chi connectivity index (χ1) is 11.0. The lowest BCUT2D eigenvalue weighted by atomic mass is 10.0. The maximum atomic E-state index is 12.4. The van der Waals surface area contributed by atoms with E-state index < -0.39 is 5.97 Å². The van der Waals surface area contributed by atoms with Gasteiger partial charge in [0, 0.05) is 30.2 Å². The van der Waals surface area contributed by atoms with E-state index in [9.17, 15) is 9.59 Å². The average Bonchev–Trinajstić information content (AvgIpc) is 2.84. The van der Waals surface area contributed by atoms with Gasteiger partial charge in [0.2, 0.25) is 0 Å². The molecule has 2 rings (SSSR count). The van der Waals surface area contributed by atoms with Gasteiger partial charge in [0.25, 0.3) is 5.91 Å². The summed E-state index contributed by atoms with van der Waals surface area (Å²) in [7, 11) is 1.79. The Morgan fingerprint density at radius 3 is 2.57 bits per heavy atom. The van der Waals surface area contributed by atoms with Crippen molar-refractivity contribution in [2.75, 3.05) is 0 Å². The number of carboxylic acid groups (broad SMARTS) is 1. The van der Waals surface area contributed by atoms with E-state index in [-0.39, 0.29) is 18.4 Å². The van der Waals surface area contributed by atoms with Crippen molar-refractivity contribution >= 4 is 27.8 Å². The average molecular weight is 379 g/mol. The zero-order chi connectivity index (χ0) is 16.8. The number of halogens is 1. The lowest BCUT2D eigenvalue weighted by Gasteiger charge is -2.18. The lowest BCUT2D eigenvalue weighted by molar-refractivity contribution is -0.137. The van der Waals surface area contributed by atoms with E-state index in [1.807, 2.05) is 30.3 Å². The molecule has 1 unspecified atom stereocenters. The highest BCUT2D eigenvalue weighted by atomic mass is 79.9. The van der Waals surface area contributed by atoms with Crippen LogP contribution in [0, 0.1) is 0 Å². The molecule has 0 aliphatic heterocycles. The summed E-state index contributed by atoms with van der Waals surface area (Å²) in [5.41, 5.74) is 1.60. The number of amides is 1. The van der Waals surface area contributed by atoms with Crippen molar-refractivity contribution in [1.29, 1.82) is 0 Å². The molecule has 0 spiro atoms. The van der Waals surface area contributed by atoms with Gasteiger partial charge in [-0.25, -0.2) is 0 Å². The maximum absolute atomic E-state index is 12.4. The van der Waals surface area contributed by atoms with Crippen LogP contribution in [0.3, 0.4) is 0 Å². The molecule has 0 aliphatic rings. The second-order valence-electron chi connectivity index (χ2n) is 5.45. The molecule has 0 radical (unpaired) electrons. The molecule has 6 heteroatoms. The minimum atomic E-state index is -0.862. The minimum Gasteiger partial charge on any atom is -0.481 e. The molecule has 23 heavy (non-hydrogen) atoms. The van der Waals surface area contributed by atoms with Crippen LogP contribution in [0.2, 0.25) is 0 Å². The maximum Gasteiger partial charge on any atom is 0.303 e. The Bertz CT molecular complexity index is 682. The fourth-order valence-corrected chi connectivity index (χ4v) is 2.95. The van der Waals surface area contributed by atoms with Crippen LogP contribution in [0.5, 0.6) is 0 Å². The van der Waals surface area contributed by atoms with Gasteiger partial charge in [0.15, 0.2) is 0 Å². The smallest absolute Gasteiger partial charge is 0.303 e. The molecule has 1 heterocycles. The molecule has 0 saturated carbocycles. The molecule has 0 aliphatic carbocycles. The molecule has 1 atom stereocenters. The highest BCUT2D eigenvalue weighted by molar-refractivity contribution is 9.10. The molecular formula is C17H19BrN2O3. The van der Waals surface area contributed by atoms with Gasteiger partial charge in [0.1, 0.15) is 5.69 Å². The van der Waals surface area contributed by atoms with Crippen molar-refractivity contribution in [1.82, 2.24) is 9.88 Å². The highest BCUT2D eigenvalue weighted by Gasteiger charge is 2.18. The Kier molecular flexibility index (Phi) is 5.98. The van der Waals surface area contributed by atoms with Crippen LogP contribution in [0.25, 0.3) is 0 Å². The van der Waals surface area contributed by atoms with Crippen molar-refractivity contribution in [3.05, 3.63) is 58.3 Å². The predicted molar refractivity (Wildman–Crippen MR) is 91.4 cm³/mol. The first kappa shape index (κ1) is 17.3. The van der Waals surface area contributed by atoms with Crippen molar-refractivity contribution in [3.63, 3.8) is 0 Å². The summed E-state index contributed by atoms with van der Waals surface area (Å²) in [5, 5.41) is 11.9. The Hall–Kier alpha value is -2.08. The SMILES string of the molecule is Cn1cc(Br)cc1C(=O)NC(CCC(=O)O)Cc1ccccc1. The van der Waals surface area contributed by atoms with E-state index in [1.165, 1.54) is 0 Å². The van der Waals surface area contributed by atoms with Crippen LogP contribution in [-0.4, -0.2) is 27.6 Å². The molecular weight excluding hydrogens is 360 g/mol. The third-order valence-corrected chi connectivity index (χ3v) is 4.00. The second-order valence-corrected chi connectivity index (χ2v) is 6.36. The fraction of sp³-hybridized carbons (Fsp3) is 0.294. The number of nitrogens with zero attached hydrogens (tertiary/aromatic N) is 1. The third kappa shape index (κ3) is 5.25. The number of carbonyl (C=O) groups is 2. The normalized spacial score (nSPS) is 11.9. The zero-order valence-corrected chi connectivity index (χ0v) is 14.4. The van der Waals surface area contributed by atoms with E-state index in [0.717, 1.165) is 10.0 Å². The summed E-state index contributed by atoms with van der Waals surface area (Å²) >= 11 is 3.34. The summed E-state index contributed by atoms with van der Waals surface area (Å²) in [4.78, 5) is 23.3. The van der Waals surface area contributed by atoms with Crippen molar-refractivity contribution in [2.45, 2.75) is 25.3 Å². The molecule has 0 fully saturated rings. The number of hydrogen-bond acceptors (Lipinski definition) is 2. The van der Waals surface area contributed by atoms with Crippen molar-refractivity contribution in [3.8, 4) is 0 Å². The van der Waals surface area contributed by atoms with Gasteiger partial charge in [-0.2, -0.15) is 0 Å². The Morgan fingerprint density at radius 1 is 1.30 bits per heavy atom. The predicted octanol–water partition coefficient (Wildman–Crippen LogP) is 2.99. The fourth-order valence-electron chi connectivity index (χ4n) is 2.43. The van der Waals surface area contributed by atoms with Gasteiger partial charge in [-0.05, 0) is 40.4 Å². The molecule has 5 nitrogen and oxygen atoms in total. The van der Waals surface area contributed by atoms with E-state index in [1.54, 1.807) is 23.9 Å². The van der Waals surface area contributed by atoms with Gasteiger partial charge in [-0.1, -0.05) is 30.3 Å². The molecule has 1 aromatic heterocycles. The molecule has 0 bridgehead atoms. The van der Waals surface area contributed by atoms with E-state index in [0.29, 0.717) is 18.5 Å². The van der Waals surface area contributed by atoms with Crippen LogP contribution in [0.15, 0.2) is 47.1 Å². The molecule has 1 aromatic carbocycles. The quantitative estimate of drug-likeness (QED) is 0.777. The zero-order valence-electron chi connectivity index (χ0n) is 12.8. The number of carboxylic acids is 1. The Balaban J connectivity index is 2.08. The first-order valence-corrected chi connectivity index (χ1v) is 8.13. The Morgan fingerprint density at radius 2 is 2.00 bits per heavy atom. The second kappa shape index (κ2) is 7.97. The topological polar surface area (TPSA) is 71.3 Å². The van der Waals surface area contributed by atoms with Gasteiger partial charge in [-0.15, -0.1) is 0 Å². The van der Waals surface area contributed by atoms with Crippen LogP contribution < -0.4 is 5.32 Å². The number of aryl methyl sites for hydroxylation is 1. The number of carbonyl (C=O) groups excluding carboxylic acids is 1. The van der Waals surface area contributed by atoms with Crippen molar-refractivity contribution in [2.24, 2.45) is 7.05 Å². The highest BCUT2D eigenvalue weighted by Crippen LogP contribution is 2.15. The molecule has 0 saturated heterocycles. The molecule has 2 N–H and O–H groups in total. The standard InChI is InChI=1S/C17H19BrN2O3/c1-20-11-13(18)10-15(20)17(23)19-14(7-8-16(21)22)9-12-5-3-2-4-6-12/h2-6,10-11,14H,7-9H2,1H3,(H,19,23)(H,21,22). The summed E-state index contributed by atoms with van der Waals surface area (Å²) in [6.07, 6.45) is 2.82. The van der Waals surface area contributed by atoms with Gasteiger partial charge in [0.05, 0.1) is 0 Å². The summed E-state index contributed by atoms with van der Waals surface area (Å²) < 4.78 is 2.56. The number of rotatable bonds is 7. The summed E-state index contributed by atoms with van der Waals surface area (Å²) in [5.74, 6) is -1.07. The minimum absolute atomic E-state index is 0.0224. The molecule has 122 valence electrons. The van der Waals surface area contributed by atoms with Gasteiger partial charge in [-0.3, -0.25) is 9.59 Å². The van der Waals surface area contributed by atoms with E-state index >= 15 is 0 Å². The monoisotopic (exact) mass is 378 g/mol. The number of hydrogen-bond donors (Lipinski definition) is 2. The van der Waals surface area contributed by atoms with Crippen LogP contribution in [-0.2, 0) is 18.3 Å². The first-order valence-electron chi connectivity index (χ1n) is 7.34. The van der Waals surface area contributed by atoms with Crippen LogP contribution in [0.1, 0.15) is 28.9 Å².